The quantitative estimate of drug-likeness (QED) is 0.850. The molecule has 18 heavy (non-hydrogen) atoms. The molecule has 0 radical (unpaired) electrons. The van der Waals surface area contributed by atoms with Crippen molar-refractivity contribution in [3.8, 4) is 0 Å². The summed E-state index contributed by atoms with van der Waals surface area (Å²) in [4.78, 5) is 11.8. The molecule has 2 rings (SSSR count). The molecular weight excluding hydrogens is 231 g/mol. The molecule has 98 valence electrons. The highest BCUT2D eigenvalue weighted by molar-refractivity contribution is 5.74. The summed E-state index contributed by atoms with van der Waals surface area (Å²) < 4.78 is 12.8. The molecule has 1 saturated carbocycles. The molecule has 0 spiro atoms. The van der Waals surface area contributed by atoms with Crippen LogP contribution in [-0.2, 0) is 0 Å². The Labute approximate surface area is 107 Å². The van der Waals surface area contributed by atoms with E-state index in [9.17, 15) is 9.18 Å². The van der Waals surface area contributed by atoms with Crippen molar-refractivity contribution in [3.05, 3.63) is 35.6 Å². The molecule has 3 nitrogen and oxygen atoms in total. The van der Waals surface area contributed by atoms with Crippen LogP contribution in [-0.4, -0.2) is 12.1 Å². The zero-order valence-electron chi connectivity index (χ0n) is 10.6. The summed E-state index contributed by atoms with van der Waals surface area (Å²) in [7, 11) is 0. The molecule has 1 atom stereocenters. The first-order chi connectivity index (χ1) is 8.65. The molecule has 1 aromatic rings. The van der Waals surface area contributed by atoms with Gasteiger partial charge in [-0.25, -0.2) is 9.18 Å². The number of hydrogen-bond acceptors (Lipinski definition) is 1. The first-order valence-electron chi connectivity index (χ1n) is 6.47. The molecule has 2 amide bonds. The van der Waals surface area contributed by atoms with Gasteiger partial charge in [0.25, 0.3) is 0 Å². The topological polar surface area (TPSA) is 41.1 Å². The normalized spacial score (nSPS) is 17.4. The van der Waals surface area contributed by atoms with Crippen molar-refractivity contribution in [2.45, 2.75) is 44.7 Å². The number of rotatable bonds is 3. The maximum atomic E-state index is 12.8. The summed E-state index contributed by atoms with van der Waals surface area (Å²) in [5.41, 5.74) is 0.901. The van der Waals surface area contributed by atoms with Gasteiger partial charge in [-0.3, -0.25) is 0 Å². The fourth-order valence-corrected chi connectivity index (χ4v) is 2.33. The largest absolute Gasteiger partial charge is 0.335 e. The lowest BCUT2D eigenvalue weighted by Crippen LogP contribution is -2.41. The minimum Gasteiger partial charge on any atom is -0.335 e. The van der Waals surface area contributed by atoms with E-state index in [-0.39, 0.29) is 17.9 Å². The van der Waals surface area contributed by atoms with Crippen LogP contribution in [0.2, 0.25) is 0 Å². The van der Waals surface area contributed by atoms with Gasteiger partial charge in [-0.1, -0.05) is 25.0 Å². The molecule has 1 aromatic carbocycles. The number of amides is 2. The minimum absolute atomic E-state index is 0.119. The molecule has 1 aliphatic rings. The Balaban J connectivity index is 1.84. The lowest BCUT2D eigenvalue weighted by molar-refractivity contribution is 0.234. The van der Waals surface area contributed by atoms with Crippen LogP contribution < -0.4 is 10.6 Å². The second-order valence-corrected chi connectivity index (χ2v) is 4.87. The molecule has 1 aliphatic carbocycles. The molecule has 2 N–H and O–H groups in total. The molecule has 0 heterocycles. The van der Waals surface area contributed by atoms with Crippen molar-refractivity contribution in [1.29, 1.82) is 0 Å². The first-order valence-corrected chi connectivity index (χ1v) is 6.47. The van der Waals surface area contributed by atoms with Crippen molar-refractivity contribution >= 4 is 6.03 Å². The predicted molar refractivity (Wildman–Crippen MR) is 68.7 cm³/mol. The Hall–Kier alpha value is -1.58. The molecule has 4 heteroatoms. The molecule has 0 saturated heterocycles. The zero-order valence-corrected chi connectivity index (χ0v) is 10.6. The fourth-order valence-electron chi connectivity index (χ4n) is 2.33. The van der Waals surface area contributed by atoms with Gasteiger partial charge in [-0.15, -0.1) is 0 Å². The summed E-state index contributed by atoms with van der Waals surface area (Å²) in [5.74, 6) is -0.263. The fraction of sp³-hybridized carbons (Fsp3) is 0.500. The summed E-state index contributed by atoms with van der Waals surface area (Å²) in [6, 6.07) is 6.24. The smallest absolute Gasteiger partial charge is 0.315 e. The van der Waals surface area contributed by atoms with Crippen LogP contribution in [0.4, 0.5) is 9.18 Å². The van der Waals surface area contributed by atoms with Crippen LogP contribution in [0.1, 0.15) is 44.2 Å². The molecular formula is C14H19FN2O. The SMILES string of the molecule is C[C@H](NC(=O)NC1CCCC1)c1ccc(F)cc1. The lowest BCUT2D eigenvalue weighted by Gasteiger charge is -2.17. The van der Waals surface area contributed by atoms with Gasteiger partial charge in [0.15, 0.2) is 0 Å². The van der Waals surface area contributed by atoms with E-state index in [2.05, 4.69) is 10.6 Å². The zero-order chi connectivity index (χ0) is 13.0. The molecule has 0 aromatic heterocycles. The average molecular weight is 250 g/mol. The predicted octanol–water partition coefficient (Wildman–Crippen LogP) is 3.13. The van der Waals surface area contributed by atoms with E-state index >= 15 is 0 Å². The number of halogens is 1. The third-order valence-electron chi connectivity index (χ3n) is 3.41. The van der Waals surface area contributed by atoms with Crippen LogP contribution in [0, 0.1) is 5.82 Å². The number of carbonyl (C=O) groups is 1. The van der Waals surface area contributed by atoms with E-state index < -0.39 is 0 Å². The van der Waals surface area contributed by atoms with E-state index in [1.54, 1.807) is 12.1 Å². The Kier molecular flexibility index (Phi) is 4.18. The molecule has 1 fully saturated rings. The Morgan fingerprint density at radius 2 is 1.89 bits per heavy atom. The highest BCUT2D eigenvalue weighted by Crippen LogP contribution is 2.18. The van der Waals surface area contributed by atoms with Crippen molar-refractivity contribution < 1.29 is 9.18 Å². The average Bonchev–Trinajstić information content (AvgIpc) is 2.82. The van der Waals surface area contributed by atoms with Crippen LogP contribution >= 0.6 is 0 Å². The summed E-state index contributed by atoms with van der Waals surface area (Å²) in [6.45, 7) is 1.89. The standard InChI is InChI=1S/C14H19FN2O/c1-10(11-6-8-12(15)9-7-11)16-14(18)17-13-4-2-3-5-13/h6-10,13H,2-5H2,1H3,(H2,16,17,18)/t10-/m0/s1. The third kappa shape index (κ3) is 3.45. The van der Waals surface area contributed by atoms with Crippen LogP contribution in [0.5, 0.6) is 0 Å². The van der Waals surface area contributed by atoms with Crippen molar-refractivity contribution in [2.75, 3.05) is 0 Å². The van der Waals surface area contributed by atoms with Crippen LogP contribution in [0.15, 0.2) is 24.3 Å². The summed E-state index contributed by atoms with van der Waals surface area (Å²) in [5, 5.41) is 5.84. The summed E-state index contributed by atoms with van der Waals surface area (Å²) >= 11 is 0. The number of benzene rings is 1. The van der Waals surface area contributed by atoms with Crippen molar-refractivity contribution in [3.63, 3.8) is 0 Å². The van der Waals surface area contributed by atoms with E-state index in [1.165, 1.54) is 25.0 Å². The van der Waals surface area contributed by atoms with E-state index in [1.807, 2.05) is 6.92 Å². The van der Waals surface area contributed by atoms with Gasteiger partial charge in [0.1, 0.15) is 5.82 Å². The van der Waals surface area contributed by atoms with Crippen LogP contribution in [0.25, 0.3) is 0 Å². The maximum absolute atomic E-state index is 12.8. The highest BCUT2D eigenvalue weighted by atomic mass is 19.1. The monoisotopic (exact) mass is 250 g/mol. The van der Waals surface area contributed by atoms with Gasteiger partial charge in [-0.05, 0) is 37.5 Å². The van der Waals surface area contributed by atoms with Crippen molar-refractivity contribution in [1.82, 2.24) is 10.6 Å². The Morgan fingerprint density at radius 1 is 1.28 bits per heavy atom. The Bertz CT molecular complexity index is 399. The number of carbonyl (C=O) groups excluding carboxylic acids is 1. The lowest BCUT2D eigenvalue weighted by atomic mass is 10.1. The summed E-state index contributed by atoms with van der Waals surface area (Å²) in [6.07, 6.45) is 4.52. The van der Waals surface area contributed by atoms with Gasteiger partial charge < -0.3 is 10.6 Å². The number of hydrogen-bond donors (Lipinski definition) is 2. The van der Waals surface area contributed by atoms with E-state index in [0.717, 1.165) is 18.4 Å². The molecule has 0 aliphatic heterocycles. The van der Waals surface area contributed by atoms with Gasteiger partial charge in [0, 0.05) is 6.04 Å². The molecule has 0 unspecified atom stereocenters. The second kappa shape index (κ2) is 5.85. The second-order valence-electron chi connectivity index (χ2n) is 4.87. The first kappa shape index (κ1) is 12.9. The van der Waals surface area contributed by atoms with E-state index in [0.29, 0.717) is 6.04 Å². The van der Waals surface area contributed by atoms with Gasteiger partial charge in [0.05, 0.1) is 6.04 Å². The van der Waals surface area contributed by atoms with Crippen molar-refractivity contribution in [2.24, 2.45) is 0 Å². The number of urea groups is 1. The van der Waals surface area contributed by atoms with E-state index in [4.69, 9.17) is 0 Å². The van der Waals surface area contributed by atoms with Gasteiger partial charge in [0.2, 0.25) is 0 Å². The van der Waals surface area contributed by atoms with Gasteiger partial charge >= 0.3 is 6.03 Å². The maximum Gasteiger partial charge on any atom is 0.315 e. The number of nitrogens with one attached hydrogen (secondary N) is 2. The minimum atomic E-state index is -0.263. The Morgan fingerprint density at radius 3 is 2.50 bits per heavy atom. The third-order valence-corrected chi connectivity index (χ3v) is 3.41. The molecule has 0 bridgehead atoms. The van der Waals surface area contributed by atoms with Gasteiger partial charge in [-0.2, -0.15) is 0 Å². The van der Waals surface area contributed by atoms with Crippen LogP contribution in [0.3, 0.4) is 0 Å². The highest BCUT2D eigenvalue weighted by Gasteiger charge is 2.18.